The predicted octanol–water partition coefficient (Wildman–Crippen LogP) is 5.14. The number of nitrogens with zero attached hydrogens (tertiary/aromatic N) is 3. The normalized spacial score (nSPS) is 11.9. The zero-order chi connectivity index (χ0) is 23.3. The quantitative estimate of drug-likeness (QED) is 0.375. The summed E-state index contributed by atoms with van der Waals surface area (Å²) in [6.45, 7) is 1.33. The lowest BCUT2D eigenvalue weighted by Gasteiger charge is -2.21. The van der Waals surface area contributed by atoms with Crippen LogP contribution >= 0.6 is 34.5 Å². The van der Waals surface area contributed by atoms with Gasteiger partial charge in [0.05, 0.1) is 20.9 Å². The first kappa shape index (κ1) is 24.9. The molecule has 3 aromatic rings. The van der Waals surface area contributed by atoms with Gasteiger partial charge in [-0.3, -0.25) is 9.69 Å². The molecule has 10 heteroatoms. The Bertz CT molecular complexity index is 1180. The highest BCUT2D eigenvalue weighted by molar-refractivity contribution is 7.91. The largest absolute Gasteiger partial charge is 0.309 e. The van der Waals surface area contributed by atoms with E-state index < -0.39 is 9.84 Å². The highest BCUT2D eigenvalue weighted by Crippen LogP contribution is 2.31. The van der Waals surface area contributed by atoms with Gasteiger partial charge in [0, 0.05) is 23.0 Å². The minimum absolute atomic E-state index is 0.110. The Morgan fingerprint density at radius 1 is 1.00 bits per heavy atom. The number of hydrogen-bond donors (Lipinski definition) is 0. The number of rotatable bonds is 10. The number of carbonyl (C=O) groups is 1. The Labute approximate surface area is 202 Å². The molecule has 0 saturated carbocycles. The molecule has 0 aliphatic carbocycles. The number of sulfone groups is 1. The summed E-state index contributed by atoms with van der Waals surface area (Å²) >= 11 is 13.3. The van der Waals surface area contributed by atoms with Gasteiger partial charge in [-0.15, -0.1) is 0 Å². The fourth-order valence-corrected chi connectivity index (χ4v) is 5.90. The standard InChI is InChI=1S/C22H25Cl2N3O3S2/c1-26(2)12-4-13-27(22-25-19-11-8-17(24)15-20(19)31-22)21(28)5-3-14-32(29,30)18-9-6-16(23)7-10-18/h6-11,15H,3-5,12-14H2,1-2H3. The maximum absolute atomic E-state index is 13.1. The van der Waals surface area contributed by atoms with Crippen LogP contribution in [-0.4, -0.2) is 57.1 Å². The molecule has 0 spiro atoms. The molecule has 1 amide bonds. The van der Waals surface area contributed by atoms with E-state index in [9.17, 15) is 13.2 Å². The first-order valence-electron chi connectivity index (χ1n) is 10.2. The molecule has 0 bridgehead atoms. The third-order valence-corrected chi connectivity index (χ3v) is 8.18. The van der Waals surface area contributed by atoms with Gasteiger partial charge in [-0.05, 0) is 75.9 Å². The first-order valence-corrected chi connectivity index (χ1v) is 13.4. The molecular weight excluding hydrogens is 489 g/mol. The smallest absolute Gasteiger partial charge is 0.228 e. The lowest BCUT2D eigenvalue weighted by atomic mass is 10.3. The van der Waals surface area contributed by atoms with Crippen LogP contribution in [0.3, 0.4) is 0 Å². The van der Waals surface area contributed by atoms with E-state index in [2.05, 4.69) is 9.88 Å². The van der Waals surface area contributed by atoms with Gasteiger partial charge in [0.25, 0.3) is 0 Å². The van der Waals surface area contributed by atoms with Crippen molar-refractivity contribution in [2.45, 2.75) is 24.2 Å². The summed E-state index contributed by atoms with van der Waals surface area (Å²) in [5, 5.41) is 1.70. The number of carbonyl (C=O) groups excluding carboxylic acids is 1. The molecule has 2 aromatic carbocycles. The first-order chi connectivity index (χ1) is 15.2. The van der Waals surface area contributed by atoms with E-state index in [1.807, 2.05) is 26.2 Å². The van der Waals surface area contributed by atoms with E-state index in [1.165, 1.54) is 23.5 Å². The van der Waals surface area contributed by atoms with Crippen molar-refractivity contribution in [3.05, 3.63) is 52.5 Å². The van der Waals surface area contributed by atoms with Crippen molar-refractivity contribution in [1.29, 1.82) is 0 Å². The number of amides is 1. The number of fused-ring (bicyclic) bond motifs is 1. The van der Waals surface area contributed by atoms with Gasteiger partial charge in [-0.1, -0.05) is 34.5 Å². The van der Waals surface area contributed by atoms with Crippen molar-refractivity contribution in [3.8, 4) is 0 Å². The number of thiazole rings is 1. The molecule has 0 saturated heterocycles. The summed E-state index contributed by atoms with van der Waals surface area (Å²) in [7, 11) is 0.479. The maximum Gasteiger partial charge on any atom is 0.228 e. The Balaban J connectivity index is 1.70. The molecule has 0 aliphatic rings. The van der Waals surface area contributed by atoms with Crippen molar-refractivity contribution < 1.29 is 13.2 Å². The van der Waals surface area contributed by atoms with E-state index in [-0.39, 0.29) is 29.4 Å². The zero-order valence-electron chi connectivity index (χ0n) is 17.9. The van der Waals surface area contributed by atoms with Crippen LogP contribution in [0.2, 0.25) is 10.0 Å². The molecule has 0 atom stereocenters. The molecule has 1 heterocycles. The van der Waals surface area contributed by atoms with E-state index in [0.29, 0.717) is 21.7 Å². The summed E-state index contributed by atoms with van der Waals surface area (Å²) in [5.41, 5.74) is 0.783. The number of aromatic nitrogens is 1. The van der Waals surface area contributed by atoms with E-state index in [0.717, 1.165) is 23.2 Å². The van der Waals surface area contributed by atoms with Crippen LogP contribution in [0, 0.1) is 0 Å². The predicted molar refractivity (Wildman–Crippen MR) is 133 cm³/mol. The van der Waals surface area contributed by atoms with E-state index in [1.54, 1.807) is 23.1 Å². The summed E-state index contributed by atoms with van der Waals surface area (Å²) in [6.07, 6.45) is 1.12. The third kappa shape index (κ3) is 6.65. The van der Waals surface area contributed by atoms with E-state index >= 15 is 0 Å². The molecule has 1 aromatic heterocycles. The Hall–Kier alpha value is -1.71. The molecule has 0 N–H and O–H groups in total. The van der Waals surface area contributed by atoms with Gasteiger partial charge in [0.1, 0.15) is 0 Å². The van der Waals surface area contributed by atoms with Crippen molar-refractivity contribution in [3.63, 3.8) is 0 Å². The van der Waals surface area contributed by atoms with Crippen molar-refractivity contribution in [1.82, 2.24) is 9.88 Å². The molecular formula is C22H25Cl2N3O3S2. The molecule has 6 nitrogen and oxygen atoms in total. The molecule has 0 aliphatic heterocycles. The number of benzene rings is 2. The highest BCUT2D eigenvalue weighted by Gasteiger charge is 2.21. The molecule has 0 radical (unpaired) electrons. The lowest BCUT2D eigenvalue weighted by molar-refractivity contribution is -0.118. The number of anilines is 1. The van der Waals surface area contributed by atoms with Crippen LogP contribution in [0.5, 0.6) is 0 Å². The minimum Gasteiger partial charge on any atom is -0.309 e. The maximum atomic E-state index is 13.1. The Morgan fingerprint density at radius 2 is 1.69 bits per heavy atom. The zero-order valence-corrected chi connectivity index (χ0v) is 21.1. The molecule has 0 unspecified atom stereocenters. The second kappa shape index (κ2) is 10.9. The minimum atomic E-state index is -3.48. The highest BCUT2D eigenvalue weighted by atomic mass is 35.5. The molecule has 172 valence electrons. The van der Waals surface area contributed by atoms with Crippen LogP contribution in [0.1, 0.15) is 19.3 Å². The van der Waals surface area contributed by atoms with Gasteiger partial charge < -0.3 is 4.90 Å². The second-order valence-corrected chi connectivity index (χ2v) is 11.7. The average molecular weight is 514 g/mol. The average Bonchev–Trinajstić information content (AvgIpc) is 3.13. The van der Waals surface area contributed by atoms with Gasteiger partial charge in [-0.25, -0.2) is 13.4 Å². The molecule has 32 heavy (non-hydrogen) atoms. The molecule has 0 fully saturated rings. The number of hydrogen-bond acceptors (Lipinski definition) is 6. The van der Waals surface area contributed by atoms with Gasteiger partial charge >= 0.3 is 0 Å². The monoisotopic (exact) mass is 513 g/mol. The van der Waals surface area contributed by atoms with Crippen molar-refractivity contribution >= 4 is 65.6 Å². The van der Waals surface area contributed by atoms with Crippen LogP contribution < -0.4 is 4.90 Å². The molecule has 3 rings (SSSR count). The van der Waals surface area contributed by atoms with Crippen LogP contribution in [0.4, 0.5) is 5.13 Å². The Morgan fingerprint density at radius 3 is 2.38 bits per heavy atom. The van der Waals surface area contributed by atoms with E-state index in [4.69, 9.17) is 23.2 Å². The summed E-state index contributed by atoms with van der Waals surface area (Å²) in [4.78, 5) is 21.6. The lowest BCUT2D eigenvalue weighted by Crippen LogP contribution is -2.33. The Kier molecular flexibility index (Phi) is 8.52. The second-order valence-electron chi connectivity index (χ2n) is 7.69. The fourth-order valence-electron chi connectivity index (χ4n) is 3.18. The van der Waals surface area contributed by atoms with Gasteiger partial charge in [0.2, 0.25) is 5.91 Å². The van der Waals surface area contributed by atoms with Gasteiger partial charge in [-0.2, -0.15) is 0 Å². The van der Waals surface area contributed by atoms with Crippen LogP contribution in [0.15, 0.2) is 47.4 Å². The number of halogens is 2. The van der Waals surface area contributed by atoms with Gasteiger partial charge in [0.15, 0.2) is 15.0 Å². The fraction of sp³-hybridized carbons (Fsp3) is 0.364. The van der Waals surface area contributed by atoms with Crippen molar-refractivity contribution in [2.24, 2.45) is 0 Å². The summed E-state index contributed by atoms with van der Waals surface area (Å²) < 4.78 is 26.0. The summed E-state index contributed by atoms with van der Waals surface area (Å²) in [6, 6.07) is 11.5. The van der Waals surface area contributed by atoms with Crippen LogP contribution in [0.25, 0.3) is 10.2 Å². The SMILES string of the molecule is CN(C)CCCN(C(=O)CCCS(=O)(=O)c1ccc(Cl)cc1)c1nc2ccc(Cl)cc2s1. The topological polar surface area (TPSA) is 70.6 Å². The summed E-state index contributed by atoms with van der Waals surface area (Å²) in [5.74, 6) is -0.248. The van der Waals surface area contributed by atoms with Crippen molar-refractivity contribution in [2.75, 3.05) is 37.8 Å². The third-order valence-electron chi connectivity index (χ3n) is 4.83. The van der Waals surface area contributed by atoms with Crippen LogP contribution in [-0.2, 0) is 14.6 Å².